The van der Waals surface area contributed by atoms with Crippen LogP contribution in [0, 0.1) is 0 Å². The molecule has 0 aliphatic heterocycles. The molecule has 1 aliphatic carbocycles. The number of carbonyl (C=O) groups is 1. The molecule has 1 aliphatic rings. The van der Waals surface area contributed by atoms with Crippen molar-refractivity contribution in [2.24, 2.45) is 0 Å². The molecule has 132 valence electrons. The van der Waals surface area contributed by atoms with Crippen molar-refractivity contribution in [3.63, 3.8) is 0 Å². The first-order valence-electron chi connectivity index (χ1n) is 8.75. The number of para-hydroxylation sites is 1. The largest absolute Gasteiger partial charge is 0.398 e. The van der Waals surface area contributed by atoms with Crippen molar-refractivity contribution in [3.8, 4) is 0 Å². The molecule has 0 saturated heterocycles. The standard InChI is InChI=1S/C20H24N2O2S/c21-19-12-5-4-11-18(19)20(23)22-16-8-6-7-15(13-16)14-25(24)17-9-2-1-3-10-17/h4-8,11-13,17H,1-3,9-10,14,21H2,(H,22,23). The van der Waals surface area contributed by atoms with Crippen LogP contribution in [0.1, 0.15) is 48.0 Å². The molecule has 0 bridgehead atoms. The predicted octanol–water partition coefficient (Wildman–Crippen LogP) is 4.10. The van der Waals surface area contributed by atoms with E-state index in [4.69, 9.17) is 5.73 Å². The van der Waals surface area contributed by atoms with Crippen LogP contribution in [0.5, 0.6) is 0 Å². The number of nitrogens with one attached hydrogen (secondary N) is 1. The van der Waals surface area contributed by atoms with Crippen molar-refractivity contribution in [3.05, 3.63) is 59.7 Å². The number of carbonyl (C=O) groups excluding carboxylic acids is 1. The maximum Gasteiger partial charge on any atom is 0.257 e. The van der Waals surface area contributed by atoms with Crippen molar-refractivity contribution in [1.29, 1.82) is 0 Å². The summed E-state index contributed by atoms with van der Waals surface area (Å²) in [5, 5.41) is 3.19. The van der Waals surface area contributed by atoms with Gasteiger partial charge in [-0.15, -0.1) is 0 Å². The number of benzene rings is 2. The highest BCUT2D eigenvalue weighted by Crippen LogP contribution is 2.24. The third-order valence-electron chi connectivity index (χ3n) is 4.62. The second-order valence-electron chi connectivity index (χ2n) is 6.53. The second-order valence-corrected chi connectivity index (χ2v) is 8.24. The van der Waals surface area contributed by atoms with Gasteiger partial charge in [-0.2, -0.15) is 0 Å². The van der Waals surface area contributed by atoms with E-state index in [2.05, 4.69) is 5.32 Å². The van der Waals surface area contributed by atoms with Crippen LogP contribution in [0.3, 0.4) is 0 Å². The van der Waals surface area contributed by atoms with Gasteiger partial charge in [-0.3, -0.25) is 9.00 Å². The molecule has 4 nitrogen and oxygen atoms in total. The molecular weight excluding hydrogens is 332 g/mol. The van der Waals surface area contributed by atoms with E-state index in [1.54, 1.807) is 24.3 Å². The van der Waals surface area contributed by atoms with Crippen molar-refractivity contribution in [2.45, 2.75) is 43.1 Å². The average Bonchev–Trinajstić information content (AvgIpc) is 2.63. The number of anilines is 2. The highest BCUT2D eigenvalue weighted by molar-refractivity contribution is 7.84. The first-order valence-corrected chi connectivity index (χ1v) is 10.1. The molecule has 1 saturated carbocycles. The van der Waals surface area contributed by atoms with E-state index in [0.29, 0.717) is 27.9 Å². The molecular formula is C20H24N2O2S. The minimum Gasteiger partial charge on any atom is -0.398 e. The molecule has 2 aromatic carbocycles. The van der Waals surface area contributed by atoms with E-state index in [1.807, 2.05) is 24.3 Å². The van der Waals surface area contributed by atoms with Gasteiger partial charge in [-0.25, -0.2) is 0 Å². The highest BCUT2D eigenvalue weighted by Gasteiger charge is 2.20. The smallest absolute Gasteiger partial charge is 0.257 e. The van der Waals surface area contributed by atoms with Crippen molar-refractivity contribution < 1.29 is 9.00 Å². The summed E-state index contributed by atoms with van der Waals surface area (Å²) >= 11 is 0. The molecule has 1 unspecified atom stereocenters. The minimum atomic E-state index is -0.851. The first-order chi connectivity index (χ1) is 12.1. The molecule has 5 heteroatoms. The molecule has 3 N–H and O–H groups in total. The Bertz CT molecular complexity index is 770. The van der Waals surface area contributed by atoms with Gasteiger partial charge in [0.05, 0.1) is 5.56 Å². The Morgan fingerprint density at radius 1 is 1.08 bits per heavy atom. The van der Waals surface area contributed by atoms with Crippen LogP contribution < -0.4 is 11.1 Å². The van der Waals surface area contributed by atoms with Gasteiger partial charge in [0.1, 0.15) is 0 Å². The lowest BCUT2D eigenvalue weighted by molar-refractivity contribution is 0.102. The molecule has 0 spiro atoms. The van der Waals surface area contributed by atoms with Gasteiger partial charge in [0, 0.05) is 33.2 Å². The Morgan fingerprint density at radius 3 is 2.60 bits per heavy atom. The molecule has 1 atom stereocenters. The monoisotopic (exact) mass is 356 g/mol. The molecule has 25 heavy (non-hydrogen) atoms. The van der Waals surface area contributed by atoms with Crippen LogP contribution in [0.25, 0.3) is 0 Å². The third kappa shape index (κ3) is 4.69. The third-order valence-corrected chi connectivity index (χ3v) is 6.46. The van der Waals surface area contributed by atoms with Crippen LogP contribution in [0.15, 0.2) is 48.5 Å². The zero-order chi connectivity index (χ0) is 17.6. The highest BCUT2D eigenvalue weighted by atomic mass is 32.2. The fourth-order valence-corrected chi connectivity index (χ4v) is 4.85. The summed E-state index contributed by atoms with van der Waals surface area (Å²) < 4.78 is 12.6. The molecule has 1 amide bonds. The number of rotatable bonds is 5. The SMILES string of the molecule is Nc1ccccc1C(=O)Nc1cccc(CS(=O)C2CCCCC2)c1. The number of hydrogen-bond donors (Lipinski definition) is 2. The number of amides is 1. The predicted molar refractivity (Wildman–Crippen MR) is 104 cm³/mol. The molecule has 1 fully saturated rings. The number of nitrogens with two attached hydrogens (primary N) is 1. The number of nitrogen functional groups attached to an aromatic ring is 1. The number of hydrogen-bond acceptors (Lipinski definition) is 3. The topological polar surface area (TPSA) is 72.2 Å². The quantitative estimate of drug-likeness (QED) is 0.792. The summed E-state index contributed by atoms with van der Waals surface area (Å²) in [7, 11) is -0.851. The zero-order valence-electron chi connectivity index (χ0n) is 14.2. The zero-order valence-corrected chi connectivity index (χ0v) is 15.1. The van der Waals surface area contributed by atoms with Crippen LogP contribution in [-0.2, 0) is 16.6 Å². The lowest BCUT2D eigenvalue weighted by atomic mass is 10.0. The van der Waals surface area contributed by atoms with E-state index in [-0.39, 0.29) is 5.91 Å². The summed E-state index contributed by atoms with van der Waals surface area (Å²) in [4.78, 5) is 12.4. The first kappa shape index (κ1) is 17.7. The summed E-state index contributed by atoms with van der Waals surface area (Å²) in [5.74, 6) is 0.311. The van der Waals surface area contributed by atoms with Crippen LogP contribution >= 0.6 is 0 Å². The van der Waals surface area contributed by atoms with Gasteiger partial charge in [0.15, 0.2) is 0 Å². The van der Waals surface area contributed by atoms with E-state index in [0.717, 1.165) is 18.4 Å². The normalized spacial score (nSPS) is 16.3. The lowest BCUT2D eigenvalue weighted by Crippen LogP contribution is -2.20. The Labute approximate surface area is 151 Å². The van der Waals surface area contributed by atoms with E-state index < -0.39 is 10.8 Å². The Hall–Kier alpha value is -2.14. The van der Waals surface area contributed by atoms with Crippen LogP contribution in [0.2, 0.25) is 0 Å². The molecule has 3 rings (SSSR count). The van der Waals surface area contributed by atoms with E-state index in [9.17, 15) is 9.00 Å². The van der Waals surface area contributed by atoms with Crippen LogP contribution in [0.4, 0.5) is 11.4 Å². The molecule has 0 aromatic heterocycles. The van der Waals surface area contributed by atoms with E-state index in [1.165, 1.54) is 19.3 Å². The Balaban J connectivity index is 1.66. The van der Waals surface area contributed by atoms with Gasteiger partial charge in [0.2, 0.25) is 0 Å². The van der Waals surface area contributed by atoms with Crippen LogP contribution in [-0.4, -0.2) is 15.4 Å². The van der Waals surface area contributed by atoms with Gasteiger partial charge in [0.25, 0.3) is 5.91 Å². The Morgan fingerprint density at radius 2 is 1.84 bits per heavy atom. The summed E-state index contributed by atoms with van der Waals surface area (Å²) in [6, 6.07) is 14.6. The molecule has 2 aromatic rings. The van der Waals surface area contributed by atoms with Crippen molar-refractivity contribution >= 4 is 28.1 Å². The molecule has 0 radical (unpaired) electrons. The molecule has 0 heterocycles. The van der Waals surface area contributed by atoms with Crippen molar-refractivity contribution in [1.82, 2.24) is 0 Å². The maximum atomic E-state index is 12.6. The summed E-state index contributed by atoms with van der Waals surface area (Å²) in [6.45, 7) is 0. The second kappa shape index (κ2) is 8.30. The summed E-state index contributed by atoms with van der Waals surface area (Å²) in [5.41, 5.74) is 8.45. The van der Waals surface area contributed by atoms with Crippen molar-refractivity contribution in [2.75, 3.05) is 11.1 Å². The Kier molecular flexibility index (Phi) is 5.87. The van der Waals surface area contributed by atoms with Gasteiger partial charge in [-0.05, 0) is 42.7 Å². The fourth-order valence-electron chi connectivity index (χ4n) is 3.25. The fraction of sp³-hybridized carbons (Fsp3) is 0.350. The lowest BCUT2D eigenvalue weighted by Gasteiger charge is -2.21. The summed E-state index contributed by atoms with van der Waals surface area (Å²) in [6.07, 6.45) is 5.76. The minimum absolute atomic E-state index is 0.233. The maximum absolute atomic E-state index is 12.6. The van der Waals surface area contributed by atoms with E-state index >= 15 is 0 Å². The van der Waals surface area contributed by atoms with Gasteiger partial charge >= 0.3 is 0 Å². The van der Waals surface area contributed by atoms with Gasteiger partial charge in [-0.1, -0.05) is 43.5 Å². The van der Waals surface area contributed by atoms with Gasteiger partial charge < -0.3 is 11.1 Å². The average molecular weight is 356 g/mol.